The highest BCUT2D eigenvalue weighted by atomic mass is 35.5. The lowest BCUT2D eigenvalue weighted by Crippen LogP contribution is -2.09. The third-order valence-electron chi connectivity index (χ3n) is 3.28. The fourth-order valence-corrected chi connectivity index (χ4v) is 2.55. The van der Waals surface area contributed by atoms with E-state index >= 15 is 0 Å². The fourth-order valence-electron chi connectivity index (χ4n) is 2.34. The van der Waals surface area contributed by atoms with Gasteiger partial charge >= 0.3 is 0 Å². The number of nitrogens with zero attached hydrogens (tertiary/aromatic N) is 2. The van der Waals surface area contributed by atoms with Crippen molar-refractivity contribution in [1.82, 2.24) is 9.78 Å². The number of aliphatic hydroxyl groups excluding tert-OH is 1. The van der Waals surface area contributed by atoms with E-state index in [2.05, 4.69) is 5.10 Å². The molecule has 19 heavy (non-hydrogen) atoms. The van der Waals surface area contributed by atoms with Gasteiger partial charge in [-0.15, -0.1) is 0 Å². The van der Waals surface area contributed by atoms with Crippen LogP contribution in [0.2, 0.25) is 5.02 Å². The number of aromatic nitrogens is 2. The Hall–Kier alpha value is -1.26. The van der Waals surface area contributed by atoms with Gasteiger partial charge in [-0.05, 0) is 33.8 Å². The van der Waals surface area contributed by atoms with E-state index in [1.807, 2.05) is 38.4 Å². The summed E-state index contributed by atoms with van der Waals surface area (Å²) in [6.07, 6.45) is -0.191. The van der Waals surface area contributed by atoms with E-state index in [1.165, 1.54) is 0 Å². The minimum Gasteiger partial charge on any atom is -0.466 e. The Morgan fingerprint density at radius 1 is 1.42 bits per heavy atom. The zero-order chi connectivity index (χ0) is 14.2. The molecule has 1 unspecified atom stereocenters. The Bertz CT molecular complexity index is 587. The summed E-state index contributed by atoms with van der Waals surface area (Å²) in [4.78, 5) is 0. The predicted molar refractivity (Wildman–Crippen MR) is 74.5 cm³/mol. The molecular formula is C14H19ClN2O2. The second kappa shape index (κ2) is 5.39. The van der Waals surface area contributed by atoms with Crippen molar-refractivity contribution < 1.29 is 9.52 Å². The van der Waals surface area contributed by atoms with E-state index in [9.17, 15) is 5.11 Å². The number of rotatable bonds is 4. The maximum absolute atomic E-state index is 10.4. The zero-order valence-electron chi connectivity index (χ0n) is 11.7. The molecule has 2 aromatic rings. The van der Waals surface area contributed by atoms with Crippen LogP contribution in [0.4, 0.5) is 0 Å². The van der Waals surface area contributed by atoms with Crippen molar-refractivity contribution in [2.24, 2.45) is 0 Å². The van der Waals surface area contributed by atoms with Crippen LogP contribution in [0.15, 0.2) is 10.5 Å². The Morgan fingerprint density at radius 2 is 2.11 bits per heavy atom. The summed E-state index contributed by atoms with van der Waals surface area (Å²) in [6, 6.07) is 1.87. The Labute approximate surface area is 118 Å². The molecule has 0 saturated carbocycles. The van der Waals surface area contributed by atoms with Crippen molar-refractivity contribution in [3.63, 3.8) is 0 Å². The van der Waals surface area contributed by atoms with Crippen LogP contribution in [0.5, 0.6) is 0 Å². The van der Waals surface area contributed by atoms with Gasteiger partial charge < -0.3 is 9.52 Å². The van der Waals surface area contributed by atoms with Crippen molar-refractivity contribution in [2.75, 3.05) is 0 Å². The molecule has 0 spiro atoms. The molecule has 2 heterocycles. The monoisotopic (exact) mass is 282 g/mol. The largest absolute Gasteiger partial charge is 0.466 e. The highest BCUT2D eigenvalue weighted by Crippen LogP contribution is 2.28. The molecular weight excluding hydrogens is 264 g/mol. The Morgan fingerprint density at radius 3 is 2.63 bits per heavy atom. The third kappa shape index (κ3) is 2.69. The van der Waals surface area contributed by atoms with Gasteiger partial charge in [-0.2, -0.15) is 5.10 Å². The first-order chi connectivity index (χ1) is 8.93. The van der Waals surface area contributed by atoms with Gasteiger partial charge in [0.25, 0.3) is 0 Å². The summed E-state index contributed by atoms with van der Waals surface area (Å²) in [6.45, 7) is 8.34. The summed E-state index contributed by atoms with van der Waals surface area (Å²) in [5, 5.41) is 15.4. The number of furan rings is 1. The number of aliphatic hydroxyl groups is 1. The Kier molecular flexibility index (Phi) is 4.02. The second-order valence-electron chi connectivity index (χ2n) is 4.75. The summed E-state index contributed by atoms with van der Waals surface area (Å²) < 4.78 is 7.29. The topological polar surface area (TPSA) is 51.2 Å². The van der Waals surface area contributed by atoms with Crippen molar-refractivity contribution in [1.29, 1.82) is 0 Å². The van der Waals surface area contributed by atoms with Crippen LogP contribution in [-0.2, 0) is 13.0 Å². The summed E-state index contributed by atoms with van der Waals surface area (Å²) in [7, 11) is 0. The molecule has 1 N–H and O–H groups in total. The molecule has 0 fully saturated rings. The minimum atomic E-state index is -0.628. The first kappa shape index (κ1) is 14.2. The molecule has 4 nitrogen and oxygen atoms in total. The number of hydrogen-bond donors (Lipinski definition) is 1. The van der Waals surface area contributed by atoms with Gasteiger partial charge in [-0.25, -0.2) is 0 Å². The number of halogens is 1. The van der Waals surface area contributed by atoms with Crippen molar-refractivity contribution in [3.05, 3.63) is 39.6 Å². The van der Waals surface area contributed by atoms with Crippen molar-refractivity contribution >= 4 is 11.6 Å². The van der Waals surface area contributed by atoms with Crippen molar-refractivity contribution in [3.8, 4) is 0 Å². The molecule has 0 aliphatic heterocycles. The molecule has 0 radical (unpaired) electrons. The molecule has 0 aromatic carbocycles. The third-order valence-corrected chi connectivity index (χ3v) is 3.77. The lowest BCUT2D eigenvalue weighted by atomic mass is 10.1. The van der Waals surface area contributed by atoms with Gasteiger partial charge in [0.05, 0.1) is 22.5 Å². The van der Waals surface area contributed by atoms with Gasteiger partial charge in [-0.3, -0.25) is 4.68 Å². The maximum atomic E-state index is 10.4. The highest BCUT2D eigenvalue weighted by molar-refractivity contribution is 6.31. The van der Waals surface area contributed by atoms with E-state index < -0.39 is 6.10 Å². The van der Waals surface area contributed by atoms with E-state index in [0.717, 1.165) is 35.0 Å². The lowest BCUT2D eigenvalue weighted by Gasteiger charge is -2.11. The molecule has 2 aromatic heterocycles. The molecule has 1 atom stereocenters. The average Bonchev–Trinajstić information content (AvgIpc) is 2.83. The van der Waals surface area contributed by atoms with E-state index in [1.54, 1.807) is 0 Å². The number of hydrogen-bond acceptors (Lipinski definition) is 3. The highest BCUT2D eigenvalue weighted by Gasteiger charge is 2.20. The van der Waals surface area contributed by atoms with Crippen LogP contribution in [0.1, 0.15) is 41.5 Å². The molecule has 0 saturated heterocycles. The maximum Gasteiger partial charge on any atom is 0.106 e. The summed E-state index contributed by atoms with van der Waals surface area (Å²) in [5.74, 6) is 1.55. The smallest absolute Gasteiger partial charge is 0.106 e. The van der Waals surface area contributed by atoms with Gasteiger partial charge in [-0.1, -0.05) is 11.6 Å². The normalized spacial score (nSPS) is 12.9. The zero-order valence-corrected chi connectivity index (χ0v) is 12.5. The van der Waals surface area contributed by atoms with Gasteiger partial charge in [0, 0.05) is 18.5 Å². The molecule has 0 bridgehead atoms. The quantitative estimate of drug-likeness (QED) is 0.935. The first-order valence-electron chi connectivity index (χ1n) is 6.40. The van der Waals surface area contributed by atoms with Crippen LogP contribution in [0.25, 0.3) is 0 Å². The number of aryl methyl sites for hydroxylation is 4. The molecule has 0 aliphatic rings. The predicted octanol–water partition coefficient (Wildman–Crippen LogP) is 3.35. The Balaban J connectivity index is 2.28. The standard InChI is InChI=1S/C14H19ClN2O2/c1-5-17-12(14(15)9(3)16-17)7-13(18)11-6-8(2)19-10(11)4/h6,13,18H,5,7H2,1-4H3. The van der Waals surface area contributed by atoms with Gasteiger partial charge in [0.1, 0.15) is 11.5 Å². The van der Waals surface area contributed by atoms with Gasteiger partial charge in [0.15, 0.2) is 0 Å². The van der Waals surface area contributed by atoms with E-state index in [0.29, 0.717) is 11.4 Å². The van der Waals surface area contributed by atoms with Crippen LogP contribution < -0.4 is 0 Å². The average molecular weight is 283 g/mol. The van der Waals surface area contributed by atoms with Crippen LogP contribution in [-0.4, -0.2) is 14.9 Å². The summed E-state index contributed by atoms with van der Waals surface area (Å²) in [5.41, 5.74) is 2.48. The van der Waals surface area contributed by atoms with Crippen LogP contribution in [0, 0.1) is 20.8 Å². The molecule has 5 heteroatoms. The van der Waals surface area contributed by atoms with E-state index in [4.69, 9.17) is 16.0 Å². The second-order valence-corrected chi connectivity index (χ2v) is 5.13. The summed E-state index contributed by atoms with van der Waals surface area (Å²) >= 11 is 6.25. The van der Waals surface area contributed by atoms with Gasteiger partial charge in [0.2, 0.25) is 0 Å². The van der Waals surface area contributed by atoms with E-state index in [-0.39, 0.29) is 0 Å². The SMILES string of the molecule is CCn1nc(C)c(Cl)c1CC(O)c1cc(C)oc1C. The molecule has 104 valence electrons. The molecule has 0 aliphatic carbocycles. The molecule has 0 amide bonds. The van der Waals surface area contributed by atoms with Crippen LogP contribution in [0.3, 0.4) is 0 Å². The first-order valence-corrected chi connectivity index (χ1v) is 6.78. The van der Waals surface area contributed by atoms with Crippen molar-refractivity contribution in [2.45, 2.75) is 46.8 Å². The van der Waals surface area contributed by atoms with Crippen LogP contribution >= 0.6 is 11.6 Å². The lowest BCUT2D eigenvalue weighted by molar-refractivity contribution is 0.173. The fraction of sp³-hybridized carbons (Fsp3) is 0.500. The molecule has 2 rings (SSSR count). The minimum absolute atomic E-state index is 0.438.